The molecule has 1 heterocycles. The zero-order chi connectivity index (χ0) is 15.9. The lowest BCUT2D eigenvalue weighted by Crippen LogP contribution is -2.41. The van der Waals surface area contributed by atoms with Gasteiger partial charge >= 0.3 is 11.8 Å². The monoisotopic (exact) mass is 369 g/mol. The molecule has 0 unspecified atom stereocenters. The van der Waals surface area contributed by atoms with Crippen LogP contribution in [0.25, 0.3) is 0 Å². The van der Waals surface area contributed by atoms with Crippen molar-refractivity contribution in [3.63, 3.8) is 0 Å². The van der Waals surface area contributed by atoms with Crippen LogP contribution in [0.2, 0.25) is 0 Å². The van der Waals surface area contributed by atoms with Crippen LogP contribution in [0, 0.1) is 0 Å². The van der Waals surface area contributed by atoms with Gasteiger partial charge < -0.3 is 15.2 Å². The first-order chi connectivity index (χ1) is 10.6. The van der Waals surface area contributed by atoms with Crippen molar-refractivity contribution in [1.82, 2.24) is 10.7 Å². The molecule has 0 radical (unpaired) electrons. The fourth-order valence-corrected chi connectivity index (χ4v) is 2.31. The second-order valence-electron chi connectivity index (χ2n) is 4.76. The topological polar surface area (TPSA) is 100 Å². The number of halogens is 1. The molecule has 1 aliphatic heterocycles. The Balaban J connectivity index is 1.77. The first kappa shape index (κ1) is 16.4. The molecule has 2 rings (SSSR count). The highest BCUT2D eigenvalue weighted by Gasteiger charge is 2.18. The SMILES string of the molecule is O=C(NC[C@@H]1CCCO1)C(=O)N/N=C/c1ccc(O)c(Br)c1. The average Bonchev–Trinajstić information content (AvgIpc) is 3.01. The number of aromatic hydroxyl groups is 1. The van der Waals surface area contributed by atoms with E-state index >= 15 is 0 Å². The summed E-state index contributed by atoms with van der Waals surface area (Å²) in [6, 6.07) is 4.73. The van der Waals surface area contributed by atoms with Crippen LogP contribution in [0.3, 0.4) is 0 Å². The van der Waals surface area contributed by atoms with E-state index in [0.717, 1.165) is 12.8 Å². The molecule has 0 bridgehead atoms. The highest BCUT2D eigenvalue weighted by atomic mass is 79.9. The average molecular weight is 370 g/mol. The number of hydrogen-bond donors (Lipinski definition) is 3. The van der Waals surface area contributed by atoms with Crippen molar-refractivity contribution < 1.29 is 19.4 Å². The van der Waals surface area contributed by atoms with Gasteiger partial charge in [0.2, 0.25) is 0 Å². The van der Waals surface area contributed by atoms with Gasteiger partial charge in [-0.1, -0.05) is 0 Å². The fraction of sp³-hybridized carbons (Fsp3) is 0.357. The third-order valence-electron chi connectivity index (χ3n) is 3.07. The van der Waals surface area contributed by atoms with E-state index in [1.54, 1.807) is 12.1 Å². The van der Waals surface area contributed by atoms with Crippen LogP contribution in [0.15, 0.2) is 27.8 Å². The molecule has 1 saturated heterocycles. The molecule has 0 spiro atoms. The number of rotatable bonds is 4. The van der Waals surface area contributed by atoms with Gasteiger partial charge in [-0.05, 0) is 52.5 Å². The molecule has 1 aromatic carbocycles. The summed E-state index contributed by atoms with van der Waals surface area (Å²) in [5.74, 6) is -1.48. The summed E-state index contributed by atoms with van der Waals surface area (Å²) in [7, 11) is 0. The molecule has 7 nitrogen and oxygen atoms in total. The maximum absolute atomic E-state index is 11.5. The predicted molar refractivity (Wildman–Crippen MR) is 83.5 cm³/mol. The third-order valence-corrected chi connectivity index (χ3v) is 3.71. The summed E-state index contributed by atoms with van der Waals surface area (Å²) >= 11 is 3.17. The van der Waals surface area contributed by atoms with Crippen molar-refractivity contribution in [3.05, 3.63) is 28.2 Å². The Labute approximate surface area is 135 Å². The van der Waals surface area contributed by atoms with E-state index in [1.807, 2.05) is 0 Å². The number of benzene rings is 1. The maximum atomic E-state index is 11.5. The molecular formula is C14H16BrN3O4. The first-order valence-corrected chi connectivity index (χ1v) is 7.57. The van der Waals surface area contributed by atoms with Gasteiger partial charge in [-0.15, -0.1) is 0 Å². The van der Waals surface area contributed by atoms with Crippen LogP contribution in [0.1, 0.15) is 18.4 Å². The van der Waals surface area contributed by atoms with Crippen molar-refractivity contribution in [2.45, 2.75) is 18.9 Å². The molecule has 3 N–H and O–H groups in total. The van der Waals surface area contributed by atoms with Gasteiger partial charge in [-0.2, -0.15) is 5.10 Å². The Morgan fingerprint density at radius 2 is 2.27 bits per heavy atom. The Kier molecular flexibility index (Phi) is 5.91. The number of ether oxygens (including phenoxy) is 1. The molecule has 1 fully saturated rings. The molecule has 0 aromatic heterocycles. The predicted octanol–water partition coefficient (Wildman–Crippen LogP) is 0.900. The van der Waals surface area contributed by atoms with Gasteiger partial charge in [-0.3, -0.25) is 9.59 Å². The van der Waals surface area contributed by atoms with Gasteiger partial charge in [0, 0.05) is 13.2 Å². The van der Waals surface area contributed by atoms with Crippen LogP contribution < -0.4 is 10.7 Å². The summed E-state index contributed by atoms with van der Waals surface area (Å²) in [5.41, 5.74) is 2.80. The van der Waals surface area contributed by atoms with Crippen molar-refractivity contribution >= 4 is 34.0 Å². The van der Waals surface area contributed by atoms with Crippen molar-refractivity contribution in [2.75, 3.05) is 13.2 Å². The quantitative estimate of drug-likeness (QED) is 0.417. The molecule has 118 valence electrons. The second kappa shape index (κ2) is 7.90. The normalized spacial score (nSPS) is 17.6. The van der Waals surface area contributed by atoms with E-state index in [0.29, 0.717) is 23.2 Å². The lowest BCUT2D eigenvalue weighted by Gasteiger charge is -2.09. The van der Waals surface area contributed by atoms with Gasteiger partial charge in [0.25, 0.3) is 0 Å². The Hall–Kier alpha value is -1.93. The zero-order valence-electron chi connectivity index (χ0n) is 11.7. The lowest BCUT2D eigenvalue weighted by atomic mass is 10.2. The highest BCUT2D eigenvalue weighted by Crippen LogP contribution is 2.23. The Morgan fingerprint density at radius 1 is 1.45 bits per heavy atom. The summed E-state index contributed by atoms with van der Waals surface area (Å²) in [4.78, 5) is 23.1. The van der Waals surface area contributed by atoms with E-state index in [4.69, 9.17) is 4.74 Å². The van der Waals surface area contributed by atoms with E-state index < -0.39 is 11.8 Å². The standard InChI is InChI=1S/C14H16BrN3O4/c15-11-6-9(3-4-12(11)19)7-17-18-14(21)13(20)16-8-10-2-1-5-22-10/h3-4,6-7,10,19H,1-2,5,8H2,(H,16,20)(H,18,21)/b17-7+/t10-/m0/s1. The molecule has 0 aliphatic carbocycles. The molecule has 22 heavy (non-hydrogen) atoms. The van der Waals surface area contributed by atoms with Crippen LogP contribution in [0.4, 0.5) is 0 Å². The summed E-state index contributed by atoms with van der Waals surface area (Å²) < 4.78 is 5.85. The minimum Gasteiger partial charge on any atom is -0.507 e. The van der Waals surface area contributed by atoms with Crippen LogP contribution in [-0.4, -0.2) is 42.4 Å². The molecule has 2 amide bonds. The van der Waals surface area contributed by atoms with Crippen molar-refractivity contribution in [1.29, 1.82) is 0 Å². The van der Waals surface area contributed by atoms with E-state index in [9.17, 15) is 14.7 Å². The lowest BCUT2D eigenvalue weighted by molar-refractivity contribution is -0.139. The summed E-state index contributed by atoms with van der Waals surface area (Å²) in [5, 5.41) is 15.5. The minimum atomic E-state index is -0.841. The molecule has 1 aromatic rings. The number of amides is 2. The van der Waals surface area contributed by atoms with E-state index in [-0.39, 0.29) is 11.9 Å². The molecule has 8 heteroatoms. The summed E-state index contributed by atoms with van der Waals surface area (Å²) in [6.45, 7) is 1.01. The minimum absolute atomic E-state index is 0.0189. The number of phenolic OH excluding ortho intramolecular Hbond substituents is 1. The number of nitrogens with one attached hydrogen (secondary N) is 2. The van der Waals surface area contributed by atoms with Gasteiger partial charge in [-0.25, -0.2) is 5.43 Å². The maximum Gasteiger partial charge on any atom is 0.329 e. The molecule has 0 saturated carbocycles. The van der Waals surface area contributed by atoms with Gasteiger partial charge in [0.05, 0.1) is 16.8 Å². The largest absolute Gasteiger partial charge is 0.507 e. The number of carbonyl (C=O) groups excluding carboxylic acids is 2. The molecule has 1 atom stereocenters. The molecular weight excluding hydrogens is 354 g/mol. The second-order valence-corrected chi connectivity index (χ2v) is 5.61. The van der Waals surface area contributed by atoms with Crippen molar-refractivity contribution in [3.8, 4) is 5.75 Å². The van der Waals surface area contributed by atoms with E-state index in [2.05, 4.69) is 31.8 Å². The number of carbonyl (C=O) groups is 2. The Bertz CT molecular complexity index is 585. The summed E-state index contributed by atoms with van der Waals surface area (Å²) in [6.07, 6.45) is 3.21. The van der Waals surface area contributed by atoms with Gasteiger partial charge in [0.1, 0.15) is 5.75 Å². The highest BCUT2D eigenvalue weighted by molar-refractivity contribution is 9.10. The van der Waals surface area contributed by atoms with Crippen molar-refractivity contribution in [2.24, 2.45) is 5.10 Å². The third kappa shape index (κ3) is 4.81. The van der Waals surface area contributed by atoms with Crippen LogP contribution in [-0.2, 0) is 14.3 Å². The number of hydrazone groups is 1. The fourth-order valence-electron chi connectivity index (χ4n) is 1.91. The number of nitrogens with zero attached hydrogens (tertiary/aromatic N) is 1. The smallest absolute Gasteiger partial charge is 0.329 e. The first-order valence-electron chi connectivity index (χ1n) is 6.77. The van der Waals surface area contributed by atoms with Crippen LogP contribution in [0.5, 0.6) is 5.75 Å². The number of phenols is 1. The number of hydrogen-bond acceptors (Lipinski definition) is 5. The zero-order valence-corrected chi connectivity index (χ0v) is 13.3. The van der Waals surface area contributed by atoms with Gasteiger partial charge in [0.15, 0.2) is 0 Å². The Morgan fingerprint density at radius 3 is 2.95 bits per heavy atom. The van der Waals surface area contributed by atoms with Crippen LogP contribution >= 0.6 is 15.9 Å². The van der Waals surface area contributed by atoms with E-state index in [1.165, 1.54) is 12.3 Å². The molecule has 1 aliphatic rings.